The summed E-state index contributed by atoms with van der Waals surface area (Å²) >= 11 is 0. The molecule has 3 atom stereocenters. The number of ether oxygens (including phenoxy) is 1. The van der Waals surface area contributed by atoms with Crippen LogP contribution in [-0.2, 0) is 4.74 Å². The second kappa shape index (κ2) is 4.72. The number of carbonyl (C=O) groups excluding carboxylic acids is 1. The molecular formula is C14H28N2O2. The summed E-state index contributed by atoms with van der Waals surface area (Å²) < 4.78 is 5.31. The fourth-order valence-corrected chi connectivity index (χ4v) is 2.52. The lowest BCUT2D eigenvalue weighted by Gasteiger charge is -2.26. The van der Waals surface area contributed by atoms with Crippen LogP contribution in [0.15, 0.2) is 0 Å². The molecule has 3 N–H and O–H groups in total. The zero-order valence-electron chi connectivity index (χ0n) is 12.7. The largest absolute Gasteiger partial charge is 0.444 e. The Morgan fingerprint density at radius 1 is 1.33 bits per heavy atom. The van der Waals surface area contributed by atoms with E-state index in [1.54, 1.807) is 0 Å². The van der Waals surface area contributed by atoms with Crippen LogP contribution in [0.5, 0.6) is 0 Å². The molecule has 0 heterocycles. The van der Waals surface area contributed by atoms with Crippen molar-refractivity contribution in [2.24, 2.45) is 23.0 Å². The molecule has 0 aromatic carbocycles. The molecule has 1 fully saturated rings. The van der Waals surface area contributed by atoms with E-state index in [1.165, 1.54) is 0 Å². The van der Waals surface area contributed by atoms with Crippen molar-refractivity contribution in [3.05, 3.63) is 0 Å². The Morgan fingerprint density at radius 3 is 2.06 bits per heavy atom. The van der Waals surface area contributed by atoms with Gasteiger partial charge in [0.15, 0.2) is 0 Å². The number of nitrogens with two attached hydrogens (primary N) is 1. The van der Waals surface area contributed by atoms with Crippen molar-refractivity contribution in [1.82, 2.24) is 5.32 Å². The molecule has 0 saturated heterocycles. The fourth-order valence-electron chi connectivity index (χ4n) is 2.52. The summed E-state index contributed by atoms with van der Waals surface area (Å²) in [5.41, 5.74) is 5.73. The Labute approximate surface area is 111 Å². The van der Waals surface area contributed by atoms with E-state index in [9.17, 15) is 4.79 Å². The predicted molar refractivity (Wildman–Crippen MR) is 73.2 cm³/mol. The maximum absolute atomic E-state index is 11.8. The molecule has 18 heavy (non-hydrogen) atoms. The van der Waals surface area contributed by atoms with Crippen molar-refractivity contribution in [3.8, 4) is 0 Å². The minimum absolute atomic E-state index is 0.0739. The third-order valence-corrected chi connectivity index (χ3v) is 3.78. The minimum atomic E-state index is -0.465. The van der Waals surface area contributed by atoms with E-state index in [-0.39, 0.29) is 23.6 Å². The summed E-state index contributed by atoms with van der Waals surface area (Å²) in [5.74, 6) is 0.667. The number of rotatable bonds is 3. The summed E-state index contributed by atoms with van der Waals surface area (Å²) in [4.78, 5) is 11.8. The molecule has 4 heteroatoms. The lowest BCUT2D eigenvalue weighted by molar-refractivity contribution is 0.0477. The Bertz CT molecular complexity index is 318. The summed E-state index contributed by atoms with van der Waals surface area (Å²) in [7, 11) is 0. The van der Waals surface area contributed by atoms with Crippen LogP contribution in [-0.4, -0.2) is 23.8 Å². The molecule has 1 aliphatic carbocycles. The molecule has 0 aliphatic heterocycles. The van der Waals surface area contributed by atoms with Gasteiger partial charge >= 0.3 is 6.09 Å². The van der Waals surface area contributed by atoms with Gasteiger partial charge in [-0.2, -0.15) is 0 Å². The molecular weight excluding hydrogens is 228 g/mol. The first-order valence-electron chi connectivity index (χ1n) is 6.72. The maximum atomic E-state index is 11.8. The van der Waals surface area contributed by atoms with Crippen LogP contribution in [0.4, 0.5) is 4.79 Å². The van der Waals surface area contributed by atoms with Crippen LogP contribution in [0.2, 0.25) is 0 Å². The number of carbonyl (C=O) groups is 1. The monoisotopic (exact) mass is 256 g/mol. The highest BCUT2D eigenvalue weighted by molar-refractivity contribution is 5.68. The standard InChI is InChI=1S/C14H28N2O2/c1-8(2)10(9-11(15)14(9,6)7)16-12(17)18-13(3,4)5/h8-11H,15H2,1-7H3,(H,16,17)/t9-,10?,11-/m0/s1. The second-order valence-corrected chi connectivity index (χ2v) is 7.29. The third-order valence-electron chi connectivity index (χ3n) is 3.78. The highest BCUT2D eigenvalue weighted by Gasteiger charge is 2.59. The first-order valence-corrected chi connectivity index (χ1v) is 6.72. The molecule has 0 aromatic heterocycles. The normalized spacial score (nSPS) is 27.8. The SMILES string of the molecule is CC(C)C(NC(=O)OC(C)(C)C)[C@H]1[C@H](N)C1(C)C. The van der Waals surface area contributed by atoms with Gasteiger partial charge in [0.1, 0.15) is 5.60 Å². The molecule has 0 spiro atoms. The summed E-state index contributed by atoms with van der Waals surface area (Å²) in [6.07, 6.45) is -0.351. The minimum Gasteiger partial charge on any atom is -0.444 e. The molecule has 4 nitrogen and oxygen atoms in total. The Balaban J connectivity index is 2.64. The molecule has 106 valence electrons. The van der Waals surface area contributed by atoms with E-state index in [0.29, 0.717) is 11.8 Å². The predicted octanol–water partition coefficient (Wildman–Crippen LogP) is 2.52. The Kier molecular flexibility index (Phi) is 4.01. The van der Waals surface area contributed by atoms with Crippen molar-refractivity contribution >= 4 is 6.09 Å². The average Bonchev–Trinajstić information content (AvgIpc) is 2.59. The quantitative estimate of drug-likeness (QED) is 0.815. The molecule has 1 rings (SSSR count). The molecule has 0 radical (unpaired) electrons. The van der Waals surface area contributed by atoms with Crippen molar-refractivity contribution in [1.29, 1.82) is 0 Å². The maximum Gasteiger partial charge on any atom is 0.407 e. The zero-order chi connectivity index (χ0) is 14.3. The fraction of sp³-hybridized carbons (Fsp3) is 0.929. The van der Waals surface area contributed by atoms with Crippen molar-refractivity contribution in [2.45, 2.75) is 66.2 Å². The summed E-state index contributed by atoms with van der Waals surface area (Å²) in [6.45, 7) is 14.1. The van der Waals surface area contributed by atoms with Gasteiger partial charge in [-0.05, 0) is 32.1 Å². The number of hydrogen-bond donors (Lipinski definition) is 2. The van der Waals surface area contributed by atoms with Gasteiger partial charge in [-0.3, -0.25) is 0 Å². The molecule has 1 saturated carbocycles. The van der Waals surface area contributed by atoms with E-state index in [4.69, 9.17) is 10.5 Å². The van der Waals surface area contributed by atoms with Gasteiger partial charge in [-0.15, -0.1) is 0 Å². The van der Waals surface area contributed by atoms with Gasteiger partial charge in [0.05, 0.1) is 0 Å². The first kappa shape index (κ1) is 15.3. The number of nitrogens with one attached hydrogen (secondary N) is 1. The highest BCUT2D eigenvalue weighted by Crippen LogP contribution is 2.53. The van der Waals surface area contributed by atoms with Gasteiger partial charge in [-0.25, -0.2) is 4.79 Å². The molecule has 0 bridgehead atoms. The van der Waals surface area contributed by atoms with E-state index < -0.39 is 5.60 Å². The smallest absolute Gasteiger partial charge is 0.407 e. The third kappa shape index (κ3) is 3.37. The number of alkyl carbamates (subject to hydrolysis) is 1. The molecule has 1 amide bonds. The van der Waals surface area contributed by atoms with Crippen LogP contribution in [0.25, 0.3) is 0 Å². The zero-order valence-corrected chi connectivity index (χ0v) is 12.7. The van der Waals surface area contributed by atoms with Gasteiger partial charge < -0.3 is 15.8 Å². The van der Waals surface area contributed by atoms with Gasteiger partial charge in [0.25, 0.3) is 0 Å². The van der Waals surface area contributed by atoms with Crippen LogP contribution < -0.4 is 11.1 Å². The average molecular weight is 256 g/mol. The van der Waals surface area contributed by atoms with E-state index in [1.807, 2.05) is 20.8 Å². The summed E-state index contributed by atoms with van der Waals surface area (Å²) in [6, 6.07) is 0.227. The van der Waals surface area contributed by atoms with Crippen molar-refractivity contribution < 1.29 is 9.53 Å². The number of amides is 1. The lowest BCUT2D eigenvalue weighted by Crippen LogP contribution is -2.44. The van der Waals surface area contributed by atoms with E-state index in [2.05, 4.69) is 33.0 Å². The van der Waals surface area contributed by atoms with Crippen molar-refractivity contribution in [2.75, 3.05) is 0 Å². The van der Waals surface area contributed by atoms with E-state index in [0.717, 1.165) is 0 Å². The van der Waals surface area contributed by atoms with E-state index >= 15 is 0 Å². The Hall–Kier alpha value is -0.770. The van der Waals surface area contributed by atoms with Crippen molar-refractivity contribution in [3.63, 3.8) is 0 Å². The molecule has 0 aromatic rings. The topological polar surface area (TPSA) is 64.3 Å². The van der Waals surface area contributed by atoms with Crippen LogP contribution in [0.3, 0.4) is 0 Å². The lowest BCUT2D eigenvalue weighted by atomic mass is 9.95. The highest BCUT2D eigenvalue weighted by atomic mass is 16.6. The second-order valence-electron chi connectivity index (χ2n) is 7.29. The Morgan fingerprint density at radius 2 is 1.78 bits per heavy atom. The van der Waals surface area contributed by atoms with Gasteiger partial charge in [0.2, 0.25) is 0 Å². The first-order chi connectivity index (χ1) is 7.97. The summed E-state index contributed by atoms with van der Waals surface area (Å²) in [5, 5.41) is 2.98. The molecule has 1 unspecified atom stereocenters. The van der Waals surface area contributed by atoms with Crippen LogP contribution in [0, 0.1) is 17.3 Å². The number of hydrogen-bond acceptors (Lipinski definition) is 3. The van der Waals surface area contributed by atoms with Gasteiger partial charge in [-0.1, -0.05) is 27.7 Å². The van der Waals surface area contributed by atoms with Crippen LogP contribution in [0.1, 0.15) is 48.5 Å². The molecule has 1 aliphatic rings. The van der Waals surface area contributed by atoms with Gasteiger partial charge in [0, 0.05) is 18.0 Å². The van der Waals surface area contributed by atoms with Crippen LogP contribution >= 0.6 is 0 Å².